The molecule has 0 unspecified atom stereocenters. The van der Waals surface area contributed by atoms with E-state index in [2.05, 4.69) is 5.92 Å². The molecule has 0 spiro atoms. The maximum Gasteiger partial charge on any atom is 0.214 e. The van der Waals surface area contributed by atoms with Gasteiger partial charge in [0.05, 0.1) is 12.3 Å². The lowest BCUT2D eigenvalue weighted by atomic mass is 10.4. The third-order valence-electron chi connectivity index (χ3n) is 1.89. The topological polar surface area (TPSA) is 37.4 Å². The lowest BCUT2D eigenvalue weighted by Crippen LogP contribution is -2.34. The van der Waals surface area contributed by atoms with Gasteiger partial charge in [-0.25, -0.2) is 8.42 Å². The van der Waals surface area contributed by atoms with Crippen LogP contribution in [-0.2, 0) is 10.0 Å². The van der Waals surface area contributed by atoms with Crippen molar-refractivity contribution in [1.82, 2.24) is 4.31 Å². The Morgan fingerprint density at radius 2 is 1.93 bits per heavy atom. The van der Waals surface area contributed by atoms with Gasteiger partial charge in [0, 0.05) is 6.54 Å². The van der Waals surface area contributed by atoms with Crippen molar-refractivity contribution in [2.75, 3.05) is 18.8 Å². The SMILES string of the molecule is C#CCN(CCC)S(=O)(=O)CCCC. The zero-order valence-corrected chi connectivity index (χ0v) is 9.81. The minimum atomic E-state index is -3.12. The van der Waals surface area contributed by atoms with Crippen LogP contribution in [0.4, 0.5) is 0 Å². The van der Waals surface area contributed by atoms with Crippen LogP contribution in [0.15, 0.2) is 0 Å². The normalized spacial score (nSPS) is 11.6. The second-order valence-electron chi connectivity index (χ2n) is 3.21. The number of nitrogens with zero attached hydrogens (tertiary/aromatic N) is 1. The van der Waals surface area contributed by atoms with Crippen LogP contribution in [-0.4, -0.2) is 31.6 Å². The van der Waals surface area contributed by atoms with Crippen molar-refractivity contribution in [3.8, 4) is 12.3 Å². The molecule has 0 aliphatic carbocycles. The van der Waals surface area contributed by atoms with Crippen LogP contribution in [0.5, 0.6) is 0 Å². The third kappa shape index (κ3) is 4.64. The molecule has 3 nitrogen and oxygen atoms in total. The monoisotopic (exact) mass is 217 g/mol. The summed E-state index contributed by atoms with van der Waals surface area (Å²) in [7, 11) is -3.12. The fraction of sp³-hybridized carbons (Fsp3) is 0.800. The highest BCUT2D eigenvalue weighted by molar-refractivity contribution is 7.89. The highest BCUT2D eigenvalue weighted by atomic mass is 32.2. The predicted molar refractivity (Wildman–Crippen MR) is 59.4 cm³/mol. The molecule has 14 heavy (non-hydrogen) atoms. The number of terminal acetylenes is 1. The van der Waals surface area contributed by atoms with E-state index in [4.69, 9.17) is 6.42 Å². The summed E-state index contributed by atoms with van der Waals surface area (Å²) >= 11 is 0. The Hall–Kier alpha value is -0.530. The van der Waals surface area contributed by atoms with E-state index < -0.39 is 10.0 Å². The maximum absolute atomic E-state index is 11.7. The van der Waals surface area contributed by atoms with Gasteiger partial charge in [-0.2, -0.15) is 4.31 Å². The number of hydrogen-bond donors (Lipinski definition) is 0. The summed E-state index contributed by atoms with van der Waals surface area (Å²) in [5.74, 6) is 2.60. The van der Waals surface area contributed by atoms with Gasteiger partial charge >= 0.3 is 0 Å². The average molecular weight is 217 g/mol. The van der Waals surface area contributed by atoms with Crippen LogP contribution in [0.1, 0.15) is 33.1 Å². The van der Waals surface area contributed by atoms with Gasteiger partial charge in [0.25, 0.3) is 0 Å². The van der Waals surface area contributed by atoms with E-state index in [9.17, 15) is 8.42 Å². The Morgan fingerprint density at radius 3 is 2.36 bits per heavy atom. The Bertz CT molecular complexity index is 277. The van der Waals surface area contributed by atoms with Crippen LogP contribution in [0.2, 0.25) is 0 Å². The molecule has 0 aliphatic rings. The molecular weight excluding hydrogens is 198 g/mol. The largest absolute Gasteiger partial charge is 0.214 e. The van der Waals surface area contributed by atoms with Gasteiger partial charge in [0.2, 0.25) is 10.0 Å². The van der Waals surface area contributed by atoms with Crippen LogP contribution in [0.25, 0.3) is 0 Å². The quantitative estimate of drug-likeness (QED) is 0.605. The summed E-state index contributed by atoms with van der Waals surface area (Å²) in [6.07, 6.45) is 7.51. The first-order chi connectivity index (χ1) is 6.58. The lowest BCUT2D eigenvalue weighted by molar-refractivity contribution is 0.444. The third-order valence-corrected chi connectivity index (χ3v) is 3.79. The van der Waals surface area contributed by atoms with E-state index in [1.54, 1.807) is 0 Å². The molecule has 0 N–H and O–H groups in total. The van der Waals surface area contributed by atoms with E-state index in [0.29, 0.717) is 13.0 Å². The van der Waals surface area contributed by atoms with E-state index >= 15 is 0 Å². The molecule has 0 aromatic heterocycles. The Morgan fingerprint density at radius 1 is 1.29 bits per heavy atom. The van der Waals surface area contributed by atoms with Crippen molar-refractivity contribution in [3.63, 3.8) is 0 Å². The fourth-order valence-corrected chi connectivity index (χ4v) is 2.77. The molecule has 0 radical (unpaired) electrons. The molecule has 0 saturated carbocycles. The molecule has 0 rings (SSSR count). The van der Waals surface area contributed by atoms with Crippen molar-refractivity contribution in [1.29, 1.82) is 0 Å². The van der Waals surface area contributed by atoms with Crippen molar-refractivity contribution >= 4 is 10.0 Å². The number of hydrogen-bond acceptors (Lipinski definition) is 2. The van der Waals surface area contributed by atoms with Crippen molar-refractivity contribution < 1.29 is 8.42 Å². The zero-order chi connectivity index (χ0) is 11.0. The van der Waals surface area contributed by atoms with Gasteiger partial charge in [-0.05, 0) is 12.8 Å². The van der Waals surface area contributed by atoms with Crippen molar-refractivity contribution in [3.05, 3.63) is 0 Å². The predicted octanol–water partition coefficient (Wildman–Crippen LogP) is 1.46. The Balaban J connectivity index is 4.39. The molecule has 4 heteroatoms. The molecule has 0 fully saturated rings. The first kappa shape index (κ1) is 13.5. The minimum absolute atomic E-state index is 0.194. The standard InChI is InChI=1S/C10H19NO2S/c1-4-7-10-14(12,13)11(8-5-2)9-6-3/h2H,4,6-10H2,1,3H3. The van der Waals surface area contributed by atoms with Gasteiger partial charge in [-0.1, -0.05) is 26.2 Å². The van der Waals surface area contributed by atoms with E-state index in [1.807, 2.05) is 13.8 Å². The zero-order valence-electron chi connectivity index (χ0n) is 8.99. The molecule has 0 heterocycles. The summed E-state index contributed by atoms with van der Waals surface area (Å²) < 4.78 is 24.8. The average Bonchev–Trinajstić information content (AvgIpc) is 2.14. The van der Waals surface area contributed by atoms with Gasteiger partial charge in [-0.15, -0.1) is 6.42 Å². The summed E-state index contributed by atoms with van der Waals surface area (Å²) in [6, 6.07) is 0. The fourth-order valence-electron chi connectivity index (χ4n) is 1.12. The second kappa shape index (κ2) is 6.86. The highest BCUT2D eigenvalue weighted by Crippen LogP contribution is 2.05. The van der Waals surface area contributed by atoms with Gasteiger partial charge in [0.1, 0.15) is 0 Å². The van der Waals surface area contributed by atoms with E-state index in [-0.39, 0.29) is 12.3 Å². The summed E-state index contributed by atoms with van der Waals surface area (Å²) in [4.78, 5) is 0. The van der Waals surface area contributed by atoms with Crippen LogP contribution >= 0.6 is 0 Å². The lowest BCUT2D eigenvalue weighted by Gasteiger charge is -2.18. The van der Waals surface area contributed by atoms with Gasteiger partial charge < -0.3 is 0 Å². The molecule has 0 aromatic rings. The Kier molecular flexibility index (Phi) is 6.60. The van der Waals surface area contributed by atoms with Crippen molar-refractivity contribution in [2.45, 2.75) is 33.1 Å². The summed E-state index contributed by atoms with van der Waals surface area (Å²) in [5.41, 5.74) is 0. The first-order valence-electron chi connectivity index (χ1n) is 4.99. The van der Waals surface area contributed by atoms with E-state index in [0.717, 1.165) is 12.8 Å². The molecular formula is C10H19NO2S. The molecule has 0 bridgehead atoms. The number of rotatable bonds is 7. The molecule has 0 aliphatic heterocycles. The highest BCUT2D eigenvalue weighted by Gasteiger charge is 2.18. The maximum atomic E-state index is 11.7. The van der Waals surface area contributed by atoms with Crippen LogP contribution in [0.3, 0.4) is 0 Å². The van der Waals surface area contributed by atoms with Crippen LogP contribution < -0.4 is 0 Å². The molecule has 0 aromatic carbocycles. The summed E-state index contributed by atoms with van der Waals surface area (Å²) in [5, 5.41) is 0. The molecule has 0 saturated heterocycles. The molecule has 0 amide bonds. The minimum Gasteiger partial charge on any atom is -0.212 e. The first-order valence-corrected chi connectivity index (χ1v) is 6.60. The molecule has 0 atom stereocenters. The smallest absolute Gasteiger partial charge is 0.212 e. The number of sulfonamides is 1. The Labute approximate surface area is 87.5 Å². The molecule has 82 valence electrons. The number of unbranched alkanes of at least 4 members (excludes halogenated alkanes) is 1. The second-order valence-corrected chi connectivity index (χ2v) is 5.30. The van der Waals surface area contributed by atoms with Crippen molar-refractivity contribution in [2.24, 2.45) is 0 Å². The van der Waals surface area contributed by atoms with Gasteiger partial charge in [0.15, 0.2) is 0 Å². The van der Waals surface area contributed by atoms with Gasteiger partial charge in [-0.3, -0.25) is 0 Å². The van der Waals surface area contributed by atoms with E-state index in [1.165, 1.54) is 4.31 Å². The van der Waals surface area contributed by atoms with Crippen LogP contribution in [0, 0.1) is 12.3 Å². The summed E-state index contributed by atoms with van der Waals surface area (Å²) in [6.45, 7) is 4.63.